The van der Waals surface area contributed by atoms with Crippen LogP contribution in [0.4, 0.5) is 0 Å². The number of hydrazine groups is 1. The first-order valence-electron chi connectivity index (χ1n) is 7.40. The monoisotopic (exact) mass is 449 g/mol. The molecular weight excluding hydrogens is 437 g/mol. The third-order valence-corrected chi connectivity index (χ3v) is 5.77. The Balaban J connectivity index is 2.22. The average molecular weight is 451 g/mol. The lowest BCUT2D eigenvalue weighted by molar-refractivity contribution is -0.119. The Labute approximate surface area is 171 Å². The van der Waals surface area contributed by atoms with Gasteiger partial charge in [0.05, 0.1) is 5.02 Å². The number of carbonyl (C=O) groups excluding carboxylic acids is 2. The SMILES string of the molecule is CC(=O)NNC(=O)c1ccc(Cl)c(S(=O)(=O)NCc2ccc(Cl)cc2Cl)c1. The van der Waals surface area contributed by atoms with Crippen molar-refractivity contribution in [2.45, 2.75) is 18.4 Å². The number of benzene rings is 2. The first-order valence-corrected chi connectivity index (χ1v) is 10.0. The summed E-state index contributed by atoms with van der Waals surface area (Å²) < 4.78 is 27.5. The highest BCUT2D eigenvalue weighted by molar-refractivity contribution is 7.89. The lowest BCUT2D eigenvalue weighted by atomic mass is 10.2. The molecule has 3 N–H and O–H groups in total. The predicted octanol–water partition coefficient (Wildman–Crippen LogP) is 2.91. The van der Waals surface area contributed by atoms with Gasteiger partial charge in [-0.2, -0.15) is 0 Å². The Hall–Kier alpha value is -1.84. The Bertz CT molecular complexity index is 996. The first kappa shape index (κ1) is 21.5. The average Bonchev–Trinajstić information content (AvgIpc) is 2.59. The van der Waals surface area contributed by atoms with Gasteiger partial charge in [-0.05, 0) is 35.9 Å². The molecule has 0 saturated heterocycles. The van der Waals surface area contributed by atoms with E-state index in [1.807, 2.05) is 0 Å². The van der Waals surface area contributed by atoms with E-state index in [-0.39, 0.29) is 22.0 Å². The highest BCUT2D eigenvalue weighted by atomic mass is 35.5. The third kappa shape index (κ3) is 5.82. The zero-order valence-corrected chi connectivity index (χ0v) is 16.9. The lowest BCUT2D eigenvalue weighted by Gasteiger charge is -2.11. The molecule has 144 valence electrons. The molecule has 0 aliphatic heterocycles. The number of rotatable bonds is 5. The van der Waals surface area contributed by atoms with Crippen LogP contribution in [0.3, 0.4) is 0 Å². The number of carbonyl (C=O) groups is 2. The topological polar surface area (TPSA) is 104 Å². The first-order chi connectivity index (χ1) is 12.6. The molecule has 0 bridgehead atoms. The lowest BCUT2D eigenvalue weighted by Crippen LogP contribution is -2.40. The number of halogens is 3. The van der Waals surface area contributed by atoms with Crippen molar-refractivity contribution in [3.63, 3.8) is 0 Å². The van der Waals surface area contributed by atoms with Crippen molar-refractivity contribution in [1.29, 1.82) is 0 Å². The highest BCUT2D eigenvalue weighted by Crippen LogP contribution is 2.24. The fourth-order valence-corrected chi connectivity index (χ4v) is 3.99. The predicted molar refractivity (Wildman–Crippen MR) is 103 cm³/mol. The molecule has 0 saturated carbocycles. The van der Waals surface area contributed by atoms with E-state index in [1.165, 1.54) is 25.1 Å². The Morgan fingerprint density at radius 2 is 1.67 bits per heavy atom. The Morgan fingerprint density at radius 3 is 2.30 bits per heavy atom. The molecule has 2 aromatic rings. The molecule has 7 nitrogen and oxygen atoms in total. The van der Waals surface area contributed by atoms with Gasteiger partial charge in [-0.15, -0.1) is 0 Å². The standard InChI is InChI=1S/C16H14Cl3N3O4S/c1-9(23)21-22-16(24)10-3-5-13(18)15(6-10)27(25,26)20-8-11-2-4-12(17)7-14(11)19/h2-7,20H,8H2,1H3,(H,21,23)(H,22,24). The van der Waals surface area contributed by atoms with Gasteiger partial charge in [-0.25, -0.2) is 13.1 Å². The van der Waals surface area contributed by atoms with E-state index in [1.54, 1.807) is 12.1 Å². The fourth-order valence-electron chi connectivity index (χ4n) is 1.98. The van der Waals surface area contributed by atoms with E-state index < -0.39 is 21.8 Å². The largest absolute Gasteiger partial charge is 0.274 e. The molecule has 0 aromatic heterocycles. The molecule has 0 heterocycles. The van der Waals surface area contributed by atoms with Gasteiger partial charge in [0.2, 0.25) is 15.9 Å². The smallest absolute Gasteiger partial charge is 0.269 e. The summed E-state index contributed by atoms with van der Waals surface area (Å²) >= 11 is 17.8. The summed E-state index contributed by atoms with van der Waals surface area (Å²) in [6, 6.07) is 8.36. The van der Waals surface area contributed by atoms with Crippen LogP contribution in [0.25, 0.3) is 0 Å². The van der Waals surface area contributed by atoms with Gasteiger partial charge in [-0.1, -0.05) is 40.9 Å². The molecule has 2 rings (SSSR count). The van der Waals surface area contributed by atoms with E-state index in [0.29, 0.717) is 15.6 Å². The van der Waals surface area contributed by atoms with Crippen LogP contribution in [-0.2, 0) is 21.4 Å². The molecule has 2 aromatic carbocycles. The minimum absolute atomic E-state index is 0.00181. The second kappa shape index (κ2) is 8.90. The molecule has 0 atom stereocenters. The minimum Gasteiger partial charge on any atom is -0.274 e. The van der Waals surface area contributed by atoms with E-state index >= 15 is 0 Å². The van der Waals surface area contributed by atoms with Gasteiger partial charge >= 0.3 is 0 Å². The van der Waals surface area contributed by atoms with Crippen molar-refractivity contribution >= 4 is 56.6 Å². The molecular formula is C16H14Cl3N3O4S. The van der Waals surface area contributed by atoms with Crippen LogP contribution in [0.1, 0.15) is 22.8 Å². The second-order valence-electron chi connectivity index (χ2n) is 5.34. The van der Waals surface area contributed by atoms with Gasteiger partial charge in [0.25, 0.3) is 5.91 Å². The van der Waals surface area contributed by atoms with Crippen molar-refractivity contribution in [3.8, 4) is 0 Å². The van der Waals surface area contributed by atoms with E-state index in [0.717, 1.165) is 6.07 Å². The molecule has 2 amide bonds. The molecule has 0 aliphatic rings. The quantitative estimate of drug-likeness (QED) is 0.609. The Morgan fingerprint density at radius 1 is 0.963 bits per heavy atom. The van der Waals surface area contributed by atoms with E-state index in [2.05, 4.69) is 15.6 Å². The van der Waals surface area contributed by atoms with E-state index in [9.17, 15) is 18.0 Å². The van der Waals surface area contributed by atoms with Crippen LogP contribution in [-0.4, -0.2) is 20.2 Å². The molecule has 11 heteroatoms. The van der Waals surface area contributed by atoms with Crippen LogP contribution in [0, 0.1) is 0 Å². The van der Waals surface area contributed by atoms with Gasteiger partial charge in [0, 0.05) is 29.1 Å². The van der Waals surface area contributed by atoms with Crippen LogP contribution < -0.4 is 15.6 Å². The maximum atomic E-state index is 12.6. The number of amides is 2. The van der Waals surface area contributed by atoms with Crippen molar-refractivity contribution < 1.29 is 18.0 Å². The van der Waals surface area contributed by atoms with Gasteiger partial charge in [0.15, 0.2) is 0 Å². The molecule has 0 fully saturated rings. The van der Waals surface area contributed by atoms with Gasteiger partial charge < -0.3 is 0 Å². The number of sulfonamides is 1. The van der Waals surface area contributed by atoms with Gasteiger partial charge in [-0.3, -0.25) is 20.4 Å². The minimum atomic E-state index is -4.04. The molecule has 0 unspecified atom stereocenters. The zero-order chi connectivity index (χ0) is 20.2. The van der Waals surface area contributed by atoms with E-state index in [4.69, 9.17) is 34.8 Å². The number of nitrogens with one attached hydrogen (secondary N) is 3. The second-order valence-corrected chi connectivity index (χ2v) is 8.33. The van der Waals surface area contributed by atoms with Crippen LogP contribution in [0.5, 0.6) is 0 Å². The summed E-state index contributed by atoms with van der Waals surface area (Å²) in [6.45, 7) is 1.11. The third-order valence-electron chi connectivity index (χ3n) is 3.30. The number of hydrogen-bond donors (Lipinski definition) is 3. The molecule has 27 heavy (non-hydrogen) atoms. The van der Waals surface area contributed by atoms with Crippen LogP contribution in [0.2, 0.25) is 15.1 Å². The van der Waals surface area contributed by atoms with Crippen molar-refractivity contribution in [1.82, 2.24) is 15.6 Å². The normalized spacial score (nSPS) is 11.1. The zero-order valence-electron chi connectivity index (χ0n) is 13.8. The van der Waals surface area contributed by atoms with Crippen molar-refractivity contribution in [2.75, 3.05) is 0 Å². The van der Waals surface area contributed by atoms with Crippen molar-refractivity contribution in [3.05, 3.63) is 62.6 Å². The summed E-state index contributed by atoms with van der Waals surface area (Å²) in [4.78, 5) is 22.6. The number of hydrogen-bond acceptors (Lipinski definition) is 4. The highest BCUT2D eigenvalue weighted by Gasteiger charge is 2.20. The van der Waals surface area contributed by atoms with Crippen LogP contribution >= 0.6 is 34.8 Å². The molecule has 0 aliphatic carbocycles. The molecule has 0 radical (unpaired) electrons. The summed E-state index contributed by atoms with van der Waals surface area (Å²) in [6.07, 6.45) is 0. The summed E-state index contributed by atoms with van der Waals surface area (Å²) in [7, 11) is -4.04. The summed E-state index contributed by atoms with van der Waals surface area (Å²) in [5.41, 5.74) is 4.76. The summed E-state index contributed by atoms with van der Waals surface area (Å²) in [5.74, 6) is -1.18. The maximum Gasteiger partial charge on any atom is 0.269 e. The van der Waals surface area contributed by atoms with Gasteiger partial charge in [0.1, 0.15) is 4.90 Å². The fraction of sp³-hybridized carbons (Fsp3) is 0.125. The molecule has 0 spiro atoms. The Kier molecular flexibility index (Phi) is 7.07. The van der Waals surface area contributed by atoms with Crippen LogP contribution in [0.15, 0.2) is 41.3 Å². The summed E-state index contributed by atoms with van der Waals surface area (Å²) in [5, 5.41) is 0.660. The van der Waals surface area contributed by atoms with Crippen molar-refractivity contribution in [2.24, 2.45) is 0 Å². The maximum absolute atomic E-state index is 12.6.